The van der Waals surface area contributed by atoms with Gasteiger partial charge in [0.1, 0.15) is 4.90 Å². The molecule has 0 aliphatic heterocycles. The number of hydrogen-bond donors (Lipinski definition) is 1. The first-order valence-corrected chi connectivity index (χ1v) is 9.03. The van der Waals surface area contributed by atoms with Crippen molar-refractivity contribution in [2.24, 2.45) is 5.92 Å². The van der Waals surface area contributed by atoms with E-state index in [1.165, 1.54) is 52.2 Å². The summed E-state index contributed by atoms with van der Waals surface area (Å²) in [6.07, 6.45) is 0. The lowest BCUT2D eigenvalue weighted by atomic mass is 10.2. The maximum Gasteiger partial charge on any atom is 0.307 e. The summed E-state index contributed by atoms with van der Waals surface area (Å²) in [6, 6.07) is 2.49. The van der Waals surface area contributed by atoms with Crippen LogP contribution in [0.1, 0.15) is 17.3 Å². The van der Waals surface area contributed by atoms with E-state index in [-0.39, 0.29) is 27.8 Å². The second kappa shape index (κ2) is 8.03. The fourth-order valence-electron chi connectivity index (χ4n) is 2.10. The van der Waals surface area contributed by atoms with Gasteiger partial charge in [-0.05, 0) is 12.1 Å². The largest absolute Gasteiger partial charge is 0.494 e. The van der Waals surface area contributed by atoms with E-state index in [4.69, 9.17) is 21.4 Å². The molecule has 25 heavy (non-hydrogen) atoms. The van der Waals surface area contributed by atoms with Gasteiger partial charge in [0.05, 0.1) is 18.6 Å². The minimum absolute atomic E-state index is 0.00161. The Morgan fingerprint density at radius 2 is 1.84 bits per heavy atom. The van der Waals surface area contributed by atoms with Crippen molar-refractivity contribution in [3.63, 3.8) is 0 Å². The number of benzene rings is 1. The van der Waals surface area contributed by atoms with Crippen molar-refractivity contribution in [1.29, 1.82) is 0 Å². The molecule has 1 N–H and O–H groups in total. The van der Waals surface area contributed by atoms with Crippen LogP contribution in [0.5, 0.6) is 5.75 Å². The van der Waals surface area contributed by atoms with Crippen molar-refractivity contribution in [2.45, 2.75) is 11.8 Å². The molecule has 0 radical (unpaired) electrons. The van der Waals surface area contributed by atoms with Crippen molar-refractivity contribution in [3.8, 4) is 5.75 Å². The highest BCUT2D eigenvalue weighted by Crippen LogP contribution is 2.34. The average molecular weight is 393 g/mol. The summed E-state index contributed by atoms with van der Waals surface area (Å²) in [7, 11) is 1.40. The lowest BCUT2D eigenvalue weighted by Gasteiger charge is -2.22. The highest BCUT2D eigenvalue weighted by atomic mass is 35.5. The zero-order valence-electron chi connectivity index (χ0n) is 14.6. The van der Waals surface area contributed by atoms with Crippen LogP contribution in [0.15, 0.2) is 17.0 Å². The Morgan fingerprint density at radius 1 is 1.28 bits per heavy atom. The van der Waals surface area contributed by atoms with E-state index in [1.807, 2.05) is 0 Å². The maximum absolute atomic E-state index is 12.8. The molecule has 0 saturated carbocycles. The molecule has 1 rings (SSSR count). The Hall–Kier alpha value is -1.84. The number of halogens is 1. The quantitative estimate of drug-likeness (QED) is 0.751. The van der Waals surface area contributed by atoms with Crippen LogP contribution in [-0.2, 0) is 14.8 Å². The van der Waals surface area contributed by atoms with Gasteiger partial charge >= 0.3 is 5.97 Å². The Bertz CT molecular complexity index is 778. The molecule has 0 spiro atoms. The molecule has 0 aliphatic rings. The molecule has 1 aromatic carbocycles. The topological polar surface area (TPSA) is 104 Å². The molecule has 0 aliphatic carbocycles. The fraction of sp³-hybridized carbons (Fsp3) is 0.467. The number of sulfonamides is 1. The van der Waals surface area contributed by atoms with Crippen molar-refractivity contribution in [2.75, 3.05) is 34.8 Å². The number of aliphatic carboxylic acids is 1. The molecule has 1 aromatic rings. The van der Waals surface area contributed by atoms with Gasteiger partial charge in [0.15, 0.2) is 5.75 Å². The summed E-state index contributed by atoms with van der Waals surface area (Å²) in [5.74, 6) is -2.65. The molecule has 1 amide bonds. The van der Waals surface area contributed by atoms with Gasteiger partial charge in [0, 0.05) is 32.7 Å². The fourth-order valence-corrected chi connectivity index (χ4v) is 3.84. The second-order valence-corrected chi connectivity index (χ2v) is 8.16. The minimum atomic E-state index is -4.12. The van der Waals surface area contributed by atoms with Crippen LogP contribution >= 0.6 is 11.6 Å². The van der Waals surface area contributed by atoms with Crippen LogP contribution in [0.25, 0.3) is 0 Å². The van der Waals surface area contributed by atoms with E-state index in [9.17, 15) is 18.0 Å². The van der Waals surface area contributed by atoms with Gasteiger partial charge in [-0.25, -0.2) is 8.42 Å². The van der Waals surface area contributed by atoms with Crippen molar-refractivity contribution < 1.29 is 27.9 Å². The summed E-state index contributed by atoms with van der Waals surface area (Å²) in [5.41, 5.74) is -0.00161. The van der Waals surface area contributed by atoms with E-state index in [0.29, 0.717) is 0 Å². The van der Waals surface area contributed by atoms with Gasteiger partial charge in [-0.3, -0.25) is 9.59 Å². The van der Waals surface area contributed by atoms with Crippen LogP contribution in [0, 0.1) is 5.92 Å². The molecular formula is C15H21ClN2O6S. The van der Waals surface area contributed by atoms with Gasteiger partial charge in [-0.1, -0.05) is 18.5 Å². The lowest BCUT2D eigenvalue weighted by molar-refractivity contribution is -0.141. The summed E-state index contributed by atoms with van der Waals surface area (Å²) in [5, 5.41) is 9.02. The highest BCUT2D eigenvalue weighted by molar-refractivity contribution is 7.89. The SMILES string of the molecule is COc1c(C(=O)N(C)C)cc(Cl)cc1S(=O)(=O)N(C)CC(C)C(=O)O. The van der Waals surface area contributed by atoms with E-state index >= 15 is 0 Å². The third-order valence-corrected chi connectivity index (χ3v) is 5.55. The van der Waals surface area contributed by atoms with Gasteiger partial charge in [-0.2, -0.15) is 4.31 Å². The molecule has 0 aromatic heterocycles. The van der Waals surface area contributed by atoms with Crippen molar-refractivity contribution in [3.05, 3.63) is 22.7 Å². The van der Waals surface area contributed by atoms with Crippen LogP contribution < -0.4 is 4.74 Å². The summed E-state index contributed by atoms with van der Waals surface area (Å²) in [6.45, 7) is 1.15. The predicted octanol–water partition coefficient (Wildman–Crippen LogP) is 1.39. The summed E-state index contributed by atoms with van der Waals surface area (Å²) in [4.78, 5) is 24.2. The molecule has 0 heterocycles. The number of rotatable bonds is 7. The lowest BCUT2D eigenvalue weighted by Crippen LogP contribution is -2.34. The molecule has 1 atom stereocenters. The number of carboxylic acids is 1. The van der Waals surface area contributed by atoms with Crippen molar-refractivity contribution in [1.82, 2.24) is 9.21 Å². The monoisotopic (exact) mass is 392 g/mol. The normalized spacial score (nSPS) is 12.8. The Morgan fingerprint density at radius 3 is 2.28 bits per heavy atom. The molecule has 0 fully saturated rings. The molecule has 8 nitrogen and oxygen atoms in total. The smallest absolute Gasteiger partial charge is 0.307 e. The van der Waals surface area contributed by atoms with Crippen LogP contribution in [0.3, 0.4) is 0 Å². The molecule has 1 unspecified atom stereocenters. The molecule has 140 valence electrons. The number of methoxy groups -OCH3 is 1. The van der Waals surface area contributed by atoms with Crippen molar-refractivity contribution >= 4 is 33.5 Å². The zero-order valence-corrected chi connectivity index (χ0v) is 16.2. The van der Waals surface area contributed by atoms with E-state index in [0.717, 1.165) is 4.31 Å². The van der Waals surface area contributed by atoms with Gasteiger partial charge in [-0.15, -0.1) is 0 Å². The minimum Gasteiger partial charge on any atom is -0.494 e. The van der Waals surface area contributed by atoms with Crippen LogP contribution in [0.2, 0.25) is 5.02 Å². The van der Waals surface area contributed by atoms with Gasteiger partial charge < -0.3 is 14.7 Å². The number of amides is 1. The van der Waals surface area contributed by atoms with Crippen LogP contribution in [0.4, 0.5) is 0 Å². The van der Waals surface area contributed by atoms with E-state index in [1.54, 1.807) is 0 Å². The number of nitrogens with zero attached hydrogens (tertiary/aromatic N) is 2. The zero-order chi connectivity index (χ0) is 19.5. The third kappa shape index (κ3) is 4.62. The highest BCUT2D eigenvalue weighted by Gasteiger charge is 2.31. The number of ether oxygens (including phenoxy) is 1. The number of carboxylic acid groups (broad SMARTS) is 1. The Labute approximate surface area is 152 Å². The van der Waals surface area contributed by atoms with E-state index in [2.05, 4.69) is 0 Å². The number of hydrogen-bond acceptors (Lipinski definition) is 5. The Kier molecular flexibility index (Phi) is 6.81. The first kappa shape index (κ1) is 21.2. The first-order chi connectivity index (χ1) is 11.4. The standard InChI is InChI=1S/C15H21ClN2O6S/c1-9(15(20)21)8-18(4)25(22,23)12-7-10(16)6-11(13(12)24-5)14(19)17(2)3/h6-7,9H,8H2,1-5H3,(H,20,21). The number of carbonyl (C=O) groups excluding carboxylic acids is 1. The maximum atomic E-state index is 12.8. The Balaban J connectivity index is 3.49. The summed E-state index contributed by atoms with van der Waals surface area (Å²) < 4.78 is 31.7. The molecule has 0 saturated heterocycles. The van der Waals surface area contributed by atoms with Crippen LogP contribution in [-0.4, -0.2) is 69.4 Å². The van der Waals surface area contributed by atoms with Gasteiger partial charge in [0.2, 0.25) is 10.0 Å². The molecule has 10 heteroatoms. The molecular weight excluding hydrogens is 372 g/mol. The van der Waals surface area contributed by atoms with E-state index < -0.39 is 27.8 Å². The predicted molar refractivity (Wildman–Crippen MR) is 92.6 cm³/mol. The third-order valence-electron chi connectivity index (χ3n) is 3.50. The second-order valence-electron chi connectivity index (χ2n) is 5.71. The summed E-state index contributed by atoms with van der Waals surface area (Å²) >= 11 is 5.99. The average Bonchev–Trinajstić information content (AvgIpc) is 2.52. The van der Waals surface area contributed by atoms with Gasteiger partial charge in [0.25, 0.3) is 5.91 Å². The first-order valence-electron chi connectivity index (χ1n) is 7.21. The molecule has 0 bridgehead atoms. The number of carbonyl (C=O) groups is 2.